The van der Waals surface area contributed by atoms with E-state index in [1.807, 2.05) is 0 Å². The van der Waals surface area contributed by atoms with Crippen molar-refractivity contribution in [2.45, 2.75) is 31.2 Å². The molecule has 4 rings (SSSR count). The van der Waals surface area contributed by atoms with E-state index in [1.54, 1.807) is 11.4 Å². The van der Waals surface area contributed by atoms with Crippen LogP contribution in [0.25, 0.3) is 16.2 Å². The maximum Gasteiger partial charge on any atom is 0.433 e. The van der Waals surface area contributed by atoms with Gasteiger partial charge in [-0.1, -0.05) is 6.07 Å². The third-order valence-electron chi connectivity index (χ3n) is 4.54. The average molecular weight is 481 g/mol. The standard InChI is InChI=1S/C17H10F7N5O2S/c18-13(19)9-6-16(31,15(20)21)29(27-9)14(30)8-5-12-25-7(10-2-1-3-32-10)4-11(17(22,23)24)28(12)26-8/h1-5,13,15,31H,6H2/t16-/m0/s1. The van der Waals surface area contributed by atoms with Crippen molar-refractivity contribution in [2.75, 3.05) is 0 Å². The number of rotatable bonds is 4. The van der Waals surface area contributed by atoms with E-state index >= 15 is 0 Å². The lowest BCUT2D eigenvalue weighted by molar-refractivity contribution is -0.164. The molecule has 0 spiro atoms. The summed E-state index contributed by atoms with van der Waals surface area (Å²) < 4.78 is 93.7. The molecule has 15 heteroatoms. The van der Waals surface area contributed by atoms with E-state index in [-0.39, 0.29) is 15.2 Å². The number of carbonyl (C=O) groups is 1. The van der Waals surface area contributed by atoms with Gasteiger partial charge in [0.1, 0.15) is 5.71 Å². The highest BCUT2D eigenvalue weighted by Gasteiger charge is 2.54. The Bertz CT molecular complexity index is 1210. The number of hydrogen-bond acceptors (Lipinski definition) is 6. The van der Waals surface area contributed by atoms with Crippen LogP contribution in [-0.2, 0) is 6.18 Å². The summed E-state index contributed by atoms with van der Waals surface area (Å²) in [7, 11) is 0. The maximum atomic E-state index is 13.6. The Morgan fingerprint density at radius 1 is 1.22 bits per heavy atom. The van der Waals surface area contributed by atoms with Crippen LogP contribution in [0.1, 0.15) is 22.6 Å². The second kappa shape index (κ2) is 7.51. The summed E-state index contributed by atoms with van der Waals surface area (Å²) in [5, 5.41) is 18.0. The number of hydrazone groups is 1. The molecule has 1 atom stereocenters. The predicted octanol–water partition coefficient (Wildman–Crippen LogP) is 3.90. The van der Waals surface area contributed by atoms with E-state index in [0.717, 1.165) is 17.4 Å². The van der Waals surface area contributed by atoms with Crippen molar-refractivity contribution in [3.05, 3.63) is 41.0 Å². The molecule has 3 aromatic rings. The molecule has 0 saturated heterocycles. The van der Waals surface area contributed by atoms with E-state index in [1.165, 1.54) is 6.07 Å². The minimum absolute atomic E-state index is 0.0815. The van der Waals surface area contributed by atoms with Gasteiger partial charge in [-0.25, -0.2) is 27.1 Å². The number of alkyl halides is 7. The number of fused-ring (bicyclic) bond motifs is 1. The Hall–Kier alpha value is -3.07. The summed E-state index contributed by atoms with van der Waals surface area (Å²) in [6.07, 6.45) is -13.3. The molecule has 1 N–H and O–H groups in total. The summed E-state index contributed by atoms with van der Waals surface area (Å²) in [4.78, 5) is 17.1. The summed E-state index contributed by atoms with van der Waals surface area (Å²) in [6.45, 7) is 0. The fraction of sp³-hybridized carbons (Fsp3) is 0.294. The summed E-state index contributed by atoms with van der Waals surface area (Å²) in [5.41, 5.74) is -7.29. The second-order valence-corrected chi connectivity index (χ2v) is 7.61. The summed E-state index contributed by atoms with van der Waals surface area (Å²) >= 11 is 1.10. The Kier molecular flexibility index (Phi) is 5.20. The minimum atomic E-state index is -4.93. The topological polar surface area (TPSA) is 83.1 Å². The third-order valence-corrected chi connectivity index (χ3v) is 5.43. The van der Waals surface area contributed by atoms with E-state index in [9.17, 15) is 40.6 Å². The van der Waals surface area contributed by atoms with E-state index in [0.29, 0.717) is 10.9 Å². The summed E-state index contributed by atoms with van der Waals surface area (Å²) in [5.74, 6) is -1.60. The predicted molar refractivity (Wildman–Crippen MR) is 96.5 cm³/mol. The van der Waals surface area contributed by atoms with Crippen molar-refractivity contribution in [1.29, 1.82) is 0 Å². The highest BCUT2D eigenvalue weighted by molar-refractivity contribution is 7.13. The van der Waals surface area contributed by atoms with Gasteiger partial charge in [-0.3, -0.25) is 4.79 Å². The van der Waals surface area contributed by atoms with Crippen LogP contribution in [-0.4, -0.2) is 54.9 Å². The third kappa shape index (κ3) is 3.60. The van der Waals surface area contributed by atoms with Gasteiger partial charge in [0.15, 0.2) is 17.0 Å². The van der Waals surface area contributed by atoms with Gasteiger partial charge in [-0.15, -0.1) is 11.3 Å². The lowest BCUT2D eigenvalue weighted by Crippen LogP contribution is -2.51. The molecule has 0 radical (unpaired) electrons. The molecule has 4 heterocycles. The van der Waals surface area contributed by atoms with Crippen LogP contribution in [0.4, 0.5) is 30.7 Å². The molecule has 1 aliphatic rings. The van der Waals surface area contributed by atoms with Crippen molar-refractivity contribution < 1.29 is 40.6 Å². The highest BCUT2D eigenvalue weighted by atomic mass is 32.1. The van der Waals surface area contributed by atoms with Crippen molar-refractivity contribution in [3.63, 3.8) is 0 Å². The molecule has 0 aliphatic carbocycles. The average Bonchev–Trinajstić information content (AvgIpc) is 3.44. The molecule has 0 unspecified atom stereocenters. The Morgan fingerprint density at radius 2 is 1.94 bits per heavy atom. The molecule has 1 amide bonds. The van der Waals surface area contributed by atoms with Gasteiger partial charge < -0.3 is 5.11 Å². The number of hydrogen-bond donors (Lipinski definition) is 1. The van der Waals surface area contributed by atoms with Crippen LogP contribution in [0.3, 0.4) is 0 Å². The first-order chi connectivity index (χ1) is 14.9. The van der Waals surface area contributed by atoms with Crippen LogP contribution >= 0.6 is 11.3 Å². The lowest BCUT2D eigenvalue weighted by Gasteiger charge is -2.29. The molecular formula is C17H10F7N5O2S. The van der Waals surface area contributed by atoms with Crippen LogP contribution in [0, 0.1) is 0 Å². The van der Waals surface area contributed by atoms with Gasteiger partial charge >= 0.3 is 6.18 Å². The van der Waals surface area contributed by atoms with Crippen LogP contribution in [0.15, 0.2) is 34.7 Å². The van der Waals surface area contributed by atoms with Crippen molar-refractivity contribution >= 4 is 28.6 Å². The first-order valence-electron chi connectivity index (χ1n) is 8.64. The van der Waals surface area contributed by atoms with Gasteiger partial charge in [0.2, 0.25) is 5.72 Å². The van der Waals surface area contributed by atoms with Gasteiger partial charge in [0.05, 0.1) is 10.6 Å². The van der Waals surface area contributed by atoms with Crippen LogP contribution in [0.5, 0.6) is 0 Å². The van der Waals surface area contributed by atoms with E-state index < -0.39 is 59.8 Å². The van der Waals surface area contributed by atoms with Gasteiger partial charge in [-0.2, -0.15) is 28.4 Å². The van der Waals surface area contributed by atoms with Crippen molar-refractivity contribution in [3.8, 4) is 10.6 Å². The number of carbonyl (C=O) groups excluding carboxylic acids is 1. The van der Waals surface area contributed by atoms with E-state index in [4.69, 9.17) is 0 Å². The fourth-order valence-electron chi connectivity index (χ4n) is 3.04. The number of nitrogens with zero attached hydrogens (tertiary/aromatic N) is 5. The normalized spacial score (nSPS) is 19.4. The molecule has 0 saturated carbocycles. The maximum absolute atomic E-state index is 13.6. The largest absolute Gasteiger partial charge is 0.433 e. The highest BCUT2D eigenvalue weighted by Crippen LogP contribution is 2.36. The van der Waals surface area contributed by atoms with E-state index in [2.05, 4.69) is 15.2 Å². The molecular weight excluding hydrogens is 471 g/mol. The van der Waals surface area contributed by atoms with Gasteiger partial charge in [0.25, 0.3) is 18.8 Å². The number of aliphatic hydroxyl groups is 1. The zero-order valence-electron chi connectivity index (χ0n) is 15.4. The van der Waals surface area contributed by atoms with Crippen LogP contribution in [0.2, 0.25) is 0 Å². The zero-order valence-corrected chi connectivity index (χ0v) is 16.2. The molecule has 0 fully saturated rings. The molecule has 0 bridgehead atoms. The lowest BCUT2D eigenvalue weighted by atomic mass is 10.1. The van der Waals surface area contributed by atoms with Gasteiger partial charge in [-0.05, 0) is 17.5 Å². The Labute approximate surface area is 177 Å². The molecule has 1 aliphatic heterocycles. The number of halogens is 7. The molecule has 32 heavy (non-hydrogen) atoms. The first kappa shape index (κ1) is 22.1. The van der Waals surface area contributed by atoms with Gasteiger partial charge in [0, 0.05) is 12.5 Å². The monoisotopic (exact) mass is 481 g/mol. The van der Waals surface area contributed by atoms with Crippen LogP contribution < -0.4 is 0 Å². The number of amides is 1. The second-order valence-electron chi connectivity index (χ2n) is 6.67. The molecule has 170 valence electrons. The van der Waals surface area contributed by atoms with Crippen molar-refractivity contribution in [1.82, 2.24) is 19.6 Å². The molecule has 7 nitrogen and oxygen atoms in total. The minimum Gasteiger partial charge on any atom is -0.364 e. The fourth-order valence-corrected chi connectivity index (χ4v) is 3.73. The number of aromatic nitrogens is 3. The first-order valence-corrected chi connectivity index (χ1v) is 9.52. The Balaban J connectivity index is 1.84. The SMILES string of the molecule is O=C(c1cc2nc(-c3cccs3)cc(C(F)(F)F)n2n1)N1N=C(C(F)F)C[C@]1(O)C(F)F. The van der Waals surface area contributed by atoms with Crippen molar-refractivity contribution in [2.24, 2.45) is 5.10 Å². The summed E-state index contributed by atoms with van der Waals surface area (Å²) in [6, 6.07) is 4.55. The molecule has 3 aromatic heterocycles. The smallest absolute Gasteiger partial charge is 0.364 e. The molecule has 0 aromatic carbocycles. The number of thiophene rings is 1. The quantitative estimate of drug-likeness (QED) is 0.574. The zero-order chi connectivity index (χ0) is 23.4. The Morgan fingerprint density at radius 3 is 2.50 bits per heavy atom.